The monoisotopic (exact) mass is 421 g/mol. The summed E-state index contributed by atoms with van der Waals surface area (Å²) in [6.07, 6.45) is 2.68. The second-order valence-corrected chi connectivity index (χ2v) is 8.24. The predicted octanol–water partition coefficient (Wildman–Crippen LogP) is 5.31. The van der Waals surface area contributed by atoms with Crippen LogP contribution in [0.4, 0.5) is 0 Å². The topological polar surface area (TPSA) is 55.7 Å². The number of allylic oxidation sites excluding steroid dienone is 2. The van der Waals surface area contributed by atoms with Crippen molar-refractivity contribution >= 4 is 29.1 Å². The fraction of sp³-hybridized carbons (Fsp3) is 0.320. The van der Waals surface area contributed by atoms with Crippen molar-refractivity contribution in [3.8, 4) is 0 Å². The van der Waals surface area contributed by atoms with E-state index in [0.717, 1.165) is 29.7 Å². The smallest absolute Gasteiger partial charge is 0.315 e. The molecule has 2 unspecified atom stereocenters. The number of carbonyl (C=O) groups is 2. The van der Waals surface area contributed by atoms with Crippen LogP contribution in [0.5, 0.6) is 0 Å². The molecule has 0 fully saturated rings. The Hall–Kier alpha value is -2.72. The first-order valence-corrected chi connectivity index (χ1v) is 10.7. The van der Waals surface area contributed by atoms with Crippen LogP contribution in [0.25, 0.3) is 0 Å². The summed E-state index contributed by atoms with van der Waals surface area (Å²) in [7, 11) is 0. The quantitative estimate of drug-likeness (QED) is 0.615. The molecule has 2 aromatic rings. The Morgan fingerprint density at radius 2 is 1.93 bits per heavy atom. The predicted molar refractivity (Wildman–Crippen MR) is 118 cm³/mol. The van der Waals surface area contributed by atoms with Gasteiger partial charge >= 0.3 is 5.97 Å². The third kappa shape index (κ3) is 4.24. The van der Waals surface area contributed by atoms with Crippen LogP contribution in [0.1, 0.15) is 43.2 Å². The van der Waals surface area contributed by atoms with E-state index >= 15 is 0 Å². The SMILES string of the molecule is CC1=NC2=C(C(=O)CCC2)C(c2cccc(Cl)c2)C1C(=O)OCCc1ccccc1. The second-order valence-electron chi connectivity index (χ2n) is 7.80. The van der Waals surface area contributed by atoms with Crippen molar-refractivity contribution in [3.63, 3.8) is 0 Å². The standard InChI is InChI=1S/C25H24ClNO3/c1-16-22(25(29)30-14-13-17-7-3-2-4-8-17)23(18-9-5-10-19(26)15-18)24-20(27-16)11-6-12-21(24)28/h2-5,7-10,15,22-23H,6,11-14H2,1H3. The van der Waals surface area contributed by atoms with Gasteiger partial charge in [-0.15, -0.1) is 0 Å². The number of benzene rings is 2. The fourth-order valence-electron chi connectivity index (χ4n) is 4.38. The van der Waals surface area contributed by atoms with Crippen LogP contribution in [-0.2, 0) is 20.7 Å². The third-order valence-corrected chi connectivity index (χ3v) is 6.01. The van der Waals surface area contributed by atoms with Gasteiger partial charge in [0.25, 0.3) is 0 Å². The maximum atomic E-state index is 13.2. The molecule has 0 amide bonds. The van der Waals surface area contributed by atoms with E-state index in [9.17, 15) is 9.59 Å². The molecule has 4 rings (SSSR count). The van der Waals surface area contributed by atoms with E-state index in [2.05, 4.69) is 4.99 Å². The summed E-state index contributed by atoms with van der Waals surface area (Å²) in [6, 6.07) is 17.3. The first kappa shape index (κ1) is 20.5. The number of carbonyl (C=O) groups excluding carboxylic acids is 2. The second kappa shape index (κ2) is 8.97. The molecule has 1 heterocycles. The number of ether oxygens (including phenoxy) is 1. The molecular formula is C25H24ClNO3. The van der Waals surface area contributed by atoms with Gasteiger partial charge in [0.1, 0.15) is 5.92 Å². The maximum absolute atomic E-state index is 13.2. The lowest BCUT2D eigenvalue weighted by molar-refractivity contribution is -0.146. The number of hydrogen-bond donors (Lipinski definition) is 0. The molecule has 1 aliphatic carbocycles. The molecule has 154 valence electrons. The van der Waals surface area contributed by atoms with E-state index < -0.39 is 11.8 Å². The minimum atomic E-state index is -0.625. The van der Waals surface area contributed by atoms with Crippen LogP contribution in [0.15, 0.2) is 70.9 Å². The Morgan fingerprint density at radius 3 is 2.70 bits per heavy atom. The number of nitrogens with zero attached hydrogens (tertiary/aromatic N) is 1. The molecule has 2 aromatic carbocycles. The van der Waals surface area contributed by atoms with Crippen LogP contribution in [0.3, 0.4) is 0 Å². The Labute approximate surface area is 181 Å². The lowest BCUT2D eigenvalue weighted by atomic mass is 9.72. The van der Waals surface area contributed by atoms with E-state index in [1.807, 2.05) is 55.5 Å². The molecule has 5 heteroatoms. The molecule has 0 radical (unpaired) electrons. The van der Waals surface area contributed by atoms with Crippen LogP contribution in [0, 0.1) is 5.92 Å². The van der Waals surface area contributed by atoms with E-state index in [-0.39, 0.29) is 18.4 Å². The molecule has 0 bridgehead atoms. The van der Waals surface area contributed by atoms with Gasteiger partial charge in [0.15, 0.2) is 5.78 Å². The van der Waals surface area contributed by atoms with Crippen LogP contribution >= 0.6 is 11.6 Å². The summed E-state index contributed by atoms with van der Waals surface area (Å²) >= 11 is 6.24. The lowest BCUT2D eigenvalue weighted by Gasteiger charge is -2.34. The molecule has 0 N–H and O–H groups in total. The minimum absolute atomic E-state index is 0.0690. The first-order valence-electron chi connectivity index (χ1n) is 10.3. The zero-order valence-corrected chi connectivity index (χ0v) is 17.7. The van der Waals surface area contributed by atoms with Crippen molar-refractivity contribution in [1.29, 1.82) is 0 Å². The highest BCUT2D eigenvalue weighted by atomic mass is 35.5. The summed E-state index contributed by atoms with van der Waals surface area (Å²) in [5, 5.41) is 0.578. The van der Waals surface area contributed by atoms with E-state index in [1.165, 1.54) is 0 Å². The Morgan fingerprint density at radius 1 is 1.13 bits per heavy atom. The molecular weight excluding hydrogens is 398 g/mol. The number of ketones is 1. The van der Waals surface area contributed by atoms with Gasteiger partial charge in [-0.2, -0.15) is 0 Å². The minimum Gasteiger partial charge on any atom is -0.465 e. The average molecular weight is 422 g/mol. The molecule has 1 aliphatic heterocycles. The maximum Gasteiger partial charge on any atom is 0.315 e. The summed E-state index contributed by atoms with van der Waals surface area (Å²) in [5.74, 6) is -1.31. The van der Waals surface area contributed by atoms with Gasteiger partial charge in [-0.25, -0.2) is 0 Å². The van der Waals surface area contributed by atoms with E-state index in [0.29, 0.717) is 29.1 Å². The number of hydrogen-bond acceptors (Lipinski definition) is 4. The third-order valence-electron chi connectivity index (χ3n) is 5.77. The van der Waals surface area contributed by atoms with Gasteiger partial charge in [-0.05, 0) is 43.0 Å². The molecule has 0 spiro atoms. The first-order chi connectivity index (χ1) is 14.5. The summed E-state index contributed by atoms with van der Waals surface area (Å²) < 4.78 is 5.67. The molecule has 4 nitrogen and oxygen atoms in total. The Balaban J connectivity index is 1.63. The van der Waals surface area contributed by atoms with Gasteiger partial charge in [0.05, 0.1) is 6.61 Å². The van der Waals surface area contributed by atoms with Gasteiger partial charge in [-0.1, -0.05) is 54.1 Å². The van der Waals surface area contributed by atoms with Crippen LogP contribution < -0.4 is 0 Å². The van der Waals surface area contributed by atoms with Crippen molar-refractivity contribution in [1.82, 2.24) is 0 Å². The number of esters is 1. The van der Waals surface area contributed by atoms with Crippen molar-refractivity contribution in [3.05, 3.63) is 82.0 Å². The van der Waals surface area contributed by atoms with Crippen LogP contribution in [0.2, 0.25) is 5.02 Å². The molecule has 2 atom stereocenters. The highest BCUT2D eigenvalue weighted by molar-refractivity contribution is 6.30. The van der Waals surface area contributed by atoms with Gasteiger partial charge in [0, 0.05) is 40.8 Å². The lowest BCUT2D eigenvalue weighted by Crippen LogP contribution is -2.37. The molecule has 30 heavy (non-hydrogen) atoms. The highest BCUT2D eigenvalue weighted by Gasteiger charge is 2.43. The number of aliphatic imine (C=N–C) groups is 1. The zero-order chi connectivity index (χ0) is 21.1. The number of Topliss-reactive ketones (excluding diaryl/α,β-unsaturated/α-hetero) is 1. The van der Waals surface area contributed by atoms with Crippen molar-refractivity contribution in [2.75, 3.05) is 6.61 Å². The Bertz CT molecular complexity index is 1030. The highest BCUT2D eigenvalue weighted by Crippen LogP contribution is 2.44. The van der Waals surface area contributed by atoms with Gasteiger partial charge in [0.2, 0.25) is 0 Å². The van der Waals surface area contributed by atoms with E-state index in [4.69, 9.17) is 16.3 Å². The zero-order valence-electron chi connectivity index (χ0n) is 16.9. The molecule has 0 aromatic heterocycles. The number of halogens is 1. The normalized spacial score (nSPS) is 21.1. The summed E-state index contributed by atoms with van der Waals surface area (Å²) in [6.45, 7) is 2.14. The largest absolute Gasteiger partial charge is 0.465 e. The Kier molecular flexibility index (Phi) is 6.14. The summed E-state index contributed by atoms with van der Waals surface area (Å²) in [4.78, 5) is 30.7. The molecule has 0 saturated carbocycles. The van der Waals surface area contributed by atoms with Crippen LogP contribution in [-0.4, -0.2) is 24.1 Å². The number of rotatable bonds is 5. The summed E-state index contributed by atoms with van der Waals surface area (Å²) in [5.41, 5.74) is 4.11. The average Bonchev–Trinajstić information content (AvgIpc) is 2.73. The van der Waals surface area contributed by atoms with E-state index in [1.54, 1.807) is 6.07 Å². The molecule has 0 saturated heterocycles. The fourth-order valence-corrected chi connectivity index (χ4v) is 4.57. The van der Waals surface area contributed by atoms with Gasteiger partial charge in [-0.3, -0.25) is 14.6 Å². The van der Waals surface area contributed by atoms with Crippen molar-refractivity contribution in [2.24, 2.45) is 10.9 Å². The molecule has 2 aliphatic rings. The van der Waals surface area contributed by atoms with Gasteiger partial charge < -0.3 is 4.74 Å². The van der Waals surface area contributed by atoms with Crippen molar-refractivity contribution < 1.29 is 14.3 Å². The van der Waals surface area contributed by atoms with Crippen molar-refractivity contribution in [2.45, 2.75) is 38.5 Å².